The third kappa shape index (κ3) is 6.99. The summed E-state index contributed by atoms with van der Waals surface area (Å²) in [4.78, 5) is 4.15. The molecule has 112 valence electrons. The predicted octanol–water partition coefficient (Wildman–Crippen LogP) is 1.92. The van der Waals surface area contributed by atoms with Crippen LogP contribution in [0.15, 0.2) is 29.3 Å². The van der Waals surface area contributed by atoms with Crippen LogP contribution < -0.4 is 15.8 Å². The molecule has 1 aromatic rings. The number of nitrogens with one attached hydrogen (secondary N) is 1. The molecule has 1 aromatic carbocycles. The first kappa shape index (κ1) is 16.3. The average molecular weight is 279 g/mol. The van der Waals surface area contributed by atoms with Gasteiger partial charge < -0.3 is 20.5 Å². The largest absolute Gasteiger partial charge is 0.497 e. The molecule has 0 unspecified atom stereocenters. The SMILES string of the molecule is CCCN=C(N)NCCCOCc1ccc(OC)cc1. The van der Waals surface area contributed by atoms with Crippen LogP contribution in [0.1, 0.15) is 25.3 Å². The van der Waals surface area contributed by atoms with Gasteiger partial charge in [-0.25, -0.2) is 0 Å². The molecule has 0 aliphatic heterocycles. The first-order valence-corrected chi connectivity index (χ1v) is 7.00. The third-order valence-corrected chi connectivity index (χ3v) is 2.71. The van der Waals surface area contributed by atoms with Crippen molar-refractivity contribution in [1.82, 2.24) is 5.32 Å². The maximum atomic E-state index is 5.68. The summed E-state index contributed by atoms with van der Waals surface area (Å²) in [7, 11) is 1.66. The van der Waals surface area contributed by atoms with E-state index in [-0.39, 0.29) is 0 Å². The predicted molar refractivity (Wildman–Crippen MR) is 82.1 cm³/mol. The van der Waals surface area contributed by atoms with Crippen molar-refractivity contribution in [3.05, 3.63) is 29.8 Å². The van der Waals surface area contributed by atoms with E-state index < -0.39 is 0 Å². The van der Waals surface area contributed by atoms with E-state index >= 15 is 0 Å². The monoisotopic (exact) mass is 279 g/mol. The van der Waals surface area contributed by atoms with Crippen LogP contribution in [0, 0.1) is 0 Å². The molecule has 0 aliphatic rings. The van der Waals surface area contributed by atoms with Crippen molar-refractivity contribution in [2.45, 2.75) is 26.4 Å². The molecule has 0 bridgehead atoms. The quantitative estimate of drug-likeness (QED) is 0.411. The number of guanidine groups is 1. The Morgan fingerprint density at radius 2 is 2.05 bits per heavy atom. The van der Waals surface area contributed by atoms with Gasteiger partial charge in [0.25, 0.3) is 0 Å². The molecule has 0 radical (unpaired) electrons. The second kappa shape index (κ2) is 10.1. The maximum Gasteiger partial charge on any atom is 0.188 e. The molecule has 0 saturated heterocycles. The Bertz CT molecular complexity index is 391. The van der Waals surface area contributed by atoms with Crippen LogP contribution >= 0.6 is 0 Å². The van der Waals surface area contributed by atoms with Gasteiger partial charge in [0.15, 0.2) is 5.96 Å². The minimum Gasteiger partial charge on any atom is -0.497 e. The van der Waals surface area contributed by atoms with E-state index in [1.165, 1.54) is 0 Å². The van der Waals surface area contributed by atoms with Gasteiger partial charge in [-0.05, 0) is 30.5 Å². The minimum atomic E-state index is 0.516. The van der Waals surface area contributed by atoms with E-state index in [2.05, 4.69) is 17.2 Å². The van der Waals surface area contributed by atoms with Crippen LogP contribution in [0.25, 0.3) is 0 Å². The molecular weight excluding hydrogens is 254 g/mol. The lowest BCUT2D eigenvalue weighted by molar-refractivity contribution is 0.119. The van der Waals surface area contributed by atoms with Gasteiger partial charge in [0.05, 0.1) is 13.7 Å². The second-order valence-corrected chi connectivity index (χ2v) is 4.45. The number of nitrogens with zero attached hydrogens (tertiary/aromatic N) is 1. The summed E-state index contributed by atoms with van der Waals surface area (Å²) in [6, 6.07) is 7.88. The van der Waals surface area contributed by atoms with Gasteiger partial charge in [-0.15, -0.1) is 0 Å². The zero-order valence-corrected chi connectivity index (χ0v) is 12.4. The van der Waals surface area contributed by atoms with Gasteiger partial charge in [-0.1, -0.05) is 19.1 Å². The Morgan fingerprint density at radius 1 is 1.30 bits per heavy atom. The molecular formula is C15H25N3O2. The highest BCUT2D eigenvalue weighted by molar-refractivity contribution is 5.77. The van der Waals surface area contributed by atoms with Crippen LogP contribution in [0.2, 0.25) is 0 Å². The molecule has 0 saturated carbocycles. The van der Waals surface area contributed by atoms with Gasteiger partial charge in [0.1, 0.15) is 5.75 Å². The summed E-state index contributed by atoms with van der Waals surface area (Å²) in [5.41, 5.74) is 6.82. The lowest BCUT2D eigenvalue weighted by atomic mass is 10.2. The van der Waals surface area contributed by atoms with Crippen molar-refractivity contribution in [1.29, 1.82) is 0 Å². The second-order valence-electron chi connectivity index (χ2n) is 4.45. The standard InChI is InChI=1S/C15H25N3O2/c1-3-9-17-15(16)18-10-4-11-20-12-13-5-7-14(19-2)8-6-13/h5-8H,3-4,9-12H2,1-2H3,(H3,16,17,18). The van der Waals surface area contributed by atoms with Gasteiger partial charge >= 0.3 is 0 Å². The molecule has 0 aromatic heterocycles. The van der Waals surface area contributed by atoms with Gasteiger partial charge in [0, 0.05) is 19.7 Å². The Balaban J connectivity index is 2.07. The highest BCUT2D eigenvalue weighted by Crippen LogP contribution is 2.11. The van der Waals surface area contributed by atoms with E-state index in [1.807, 2.05) is 24.3 Å². The molecule has 0 atom stereocenters. The molecule has 0 spiro atoms. The Labute approximate surface area is 121 Å². The zero-order valence-electron chi connectivity index (χ0n) is 12.4. The topological polar surface area (TPSA) is 68.9 Å². The Morgan fingerprint density at radius 3 is 2.70 bits per heavy atom. The van der Waals surface area contributed by atoms with E-state index in [1.54, 1.807) is 7.11 Å². The Hall–Kier alpha value is -1.75. The number of ether oxygens (including phenoxy) is 2. The number of benzene rings is 1. The van der Waals surface area contributed by atoms with Crippen LogP contribution in [-0.4, -0.2) is 32.8 Å². The summed E-state index contributed by atoms with van der Waals surface area (Å²) in [6.07, 6.45) is 1.91. The molecule has 1 rings (SSSR count). The highest BCUT2D eigenvalue weighted by atomic mass is 16.5. The number of nitrogens with two attached hydrogens (primary N) is 1. The lowest BCUT2D eigenvalue weighted by Crippen LogP contribution is -2.33. The molecule has 0 heterocycles. The van der Waals surface area contributed by atoms with E-state index in [4.69, 9.17) is 15.2 Å². The fraction of sp³-hybridized carbons (Fsp3) is 0.533. The van der Waals surface area contributed by atoms with Crippen molar-refractivity contribution in [2.24, 2.45) is 10.7 Å². The van der Waals surface area contributed by atoms with Gasteiger partial charge in [-0.3, -0.25) is 4.99 Å². The van der Waals surface area contributed by atoms with Gasteiger partial charge in [-0.2, -0.15) is 0 Å². The van der Waals surface area contributed by atoms with Crippen molar-refractivity contribution in [3.8, 4) is 5.75 Å². The third-order valence-electron chi connectivity index (χ3n) is 2.71. The fourth-order valence-electron chi connectivity index (χ4n) is 1.59. The molecule has 0 amide bonds. The molecule has 0 aliphatic carbocycles. The number of hydrogen-bond acceptors (Lipinski definition) is 3. The van der Waals surface area contributed by atoms with Crippen LogP contribution in [0.3, 0.4) is 0 Å². The van der Waals surface area contributed by atoms with Crippen LogP contribution in [0.5, 0.6) is 5.75 Å². The zero-order chi connectivity index (χ0) is 14.6. The van der Waals surface area contributed by atoms with Crippen molar-refractivity contribution in [3.63, 3.8) is 0 Å². The number of rotatable bonds is 9. The highest BCUT2D eigenvalue weighted by Gasteiger charge is 1.96. The normalized spacial score (nSPS) is 11.4. The maximum absolute atomic E-state index is 5.68. The molecule has 20 heavy (non-hydrogen) atoms. The molecule has 0 fully saturated rings. The summed E-state index contributed by atoms with van der Waals surface area (Å²) < 4.78 is 10.7. The molecule has 5 heteroatoms. The summed E-state index contributed by atoms with van der Waals surface area (Å²) >= 11 is 0. The number of aliphatic imine (C=N–C) groups is 1. The van der Waals surface area contributed by atoms with Crippen molar-refractivity contribution >= 4 is 5.96 Å². The average Bonchev–Trinajstić information content (AvgIpc) is 2.49. The minimum absolute atomic E-state index is 0.516. The number of methoxy groups -OCH3 is 1. The van der Waals surface area contributed by atoms with Gasteiger partial charge in [0.2, 0.25) is 0 Å². The van der Waals surface area contributed by atoms with Crippen molar-refractivity contribution < 1.29 is 9.47 Å². The van der Waals surface area contributed by atoms with E-state index in [9.17, 15) is 0 Å². The lowest BCUT2D eigenvalue weighted by Gasteiger charge is -2.07. The number of hydrogen-bond donors (Lipinski definition) is 2. The van der Waals surface area contributed by atoms with E-state index in [0.717, 1.165) is 37.2 Å². The summed E-state index contributed by atoms with van der Waals surface area (Å²) in [5, 5.41) is 3.06. The van der Waals surface area contributed by atoms with Crippen molar-refractivity contribution in [2.75, 3.05) is 26.8 Å². The fourth-order valence-corrected chi connectivity index (χ4v) is 1.59. The first-order valence-electron chi connectivity index (χ1n) is 7.00. The summed E-state index contributed by atoms with van der Waals surface area (Å²) in [5.74, 6) is 1.38. The summed E-state index contributed by atoms with van der Waals surface area (Å²) in [6.45, 7) is 4.93. The first-order chi connectivity index (χ1) is 9.76. The molecule has 5 nitrogen and oxygen atoms in total. The van der Waals surface area contributed by atoms with Crippen LogP contribution in [0.4, 0.5) is 0 Å². The smallest absolute Gasteiger partial charge is 0.188 e. The Kier molecular flexibility index (Phi) is 8.22. The molecule has 3 N–H and O–H groups in total. The van der Waals surface area contributed by atoms with E-state index in [0.29, 0.717) is 19.2 Å². The van der Waals surface area contributed by atoms with Crippen LogP contribution in [-0.2, 0) is 11.3 Å².